The van der Waals surface area contributed by atoms with Gasteiger partial charge in [-0.25, -0.2) is 4.98 Å². The van der Waals surface area contributed by atoms with Crippen molar-refractivity contribution in [3.63, 3.8) is 0 Å². The first-order chi connectivity index (χ1) is 12.4. The summed E-state index contributed by atoms with van der Waals surface area (Å²) < 4.78 is 6.84. The van der Waals surface area contributed by atoms with Crippen LogP contribution in [0.15, 0.2) is 9.95 Å². The molecule has 0 bridgehead atoms. The Hall–Kier alpha value is -1.38. The van der Waals surface area contributed by atoms with Crippen LogP contribution in [0.25, 0.3) is 10.2 Å². The number of hydrogen-bond acceptors (Lipinski definition) is 6. The fraction of sp³-hybridized carbons (Fsp3) is 0.611. The smallest absolute Gasteiger partial charge is 0.263 e. The van der Waals surface area contributed by atoms with Gasteiger partial charge in [-0.2, -0.15) is 0 Å². The minimum Gasteiger partial charge on any atom is -0.383 e. The highest BCUT2D eigenvalue weighted by Gasteiger charge is 2.25. The maximum atomic E-state index is 13.2. The largest absolute Gasteiger partial charge is 0.383 e. The zero-order chi connectivity index (χ0) is 18.8. The number of ether oxygens (including phenoxy) is 1. The number of carbonyl (C=O) groups is 1. The van der Waals surface area contributed by atoms with Crippen molar-refractivity contribution in [2.24, 2.45) is 0 Å². The van der Waals surface area contributed by atoms with Crippen molar-refractivity contribution in [1.29, 1.82) is 0 Å². The van der Waals surface area contributed by atoms with Gasteiger partial charge >= 0.3 is 0 Å². The molecule has 26 heavy (non-hydrogen) atoms. The van der Waals surface area contributed by atoms with Crippen molar-refractivity contribution < 1.29 is 9.53 Å². The molecule has 2 aromatic rings. The normalized spacial score (nSPS) is 14.8. The number of amides is 1. The van der Waals surface area contributed by atoms with Gasteiger partial charge < -0.3 is 10.1 Å². The highest BCUT2D eigenvalue weighted by atomic mass is 32.2. The molecule has 2 heterocycles. The maximum Gasteiger partial charge on any atom is 0.263 e. The second-order valence-electron chi connectivity index (χ2n) is 6.80. The summed E-state index contributed by atoms with van der Waals surface area (Å²) in [6.07, 6.45) is 3.09. The lowest BCUT2D eigenvalue weighted by Gasteiger charge is -2.17. The summed E-state index contributed by atoms with van der Waals surface area (Å²) in [5.74, 6) is -0.0497. The third-order valence-corrected chi connectivity index (χ3v) is 6.67. The predicted octanol–water partition coefficient (Wildman–Crippen LogP) is 2.60. The number of hydrogen-bond donors (Lipinski definition) is 1. The van der Waals surface area contributed by atoms with Gasteiger partial charge in [0, 0.05) is 18.0 Å². The molecule has 3 rings (SSSR count). The molecule has 1 aliphatic rings. The number of nitrogens with one attached hydrogen (secondary N) is 1. The number of carbonyl (C=O) groups excluding carboxylic acids is 1. The molecule has 1 amide bonds. The van der Waals surface area contributed by atoms with E-state index in [1.54, 1.807) is 23.0 Å². The minimum absolute atomic E-state index is 0.00887. The van der Waals surface area contributed by atoms with Gasteiger partial charge in [0.25, 0.3) is 5.56 Å². The molecule has 1 N–H and O–H groups in total. The summed E-state index contributed by atoms with van der Waals surface area (Å²) >= 11 is 2.96. The van der Waals surface area contributed by atoms with Gasteiger partial charge in [-0.05, 0) is 45.6 Å². The second-order valence-corrected chi connectivity index (χ2v) is 9.20. The summed E-state index contributed by atoms with van der Waals surface area (Å²) in [6, 6.07) is 0.0805. The molecule has 0 aromatic carbocycles. The van der Waals surface area contributed by atoms with Crippen molar-refractivity contribution in [1.82, 2.24) is 14.9 Å². The van der Waals surface area contributed by atoms with E-state index in [2.05, 4.69) is 5.32 Å². The zero-order valence-corrected chi connectivity index (χ0v) is 17.3. The fourth-order valence-electron chi connectivity index (χ4n) is 3.14. The van der Waals surface area contributed by atoms with E-state index in [0.717, 1.165) is 29.5 Å². The molecule has 0 radical (unpaired) electrons. The molecular weight excluding hydrogens is 370 g/mol. The van der Waals surface area contributed by atoms with Gasteiger partial charge in [0.1, 0.15) is 4.83 Å². The summed E-state index contributed by atoms with van der Waals surface area (Å²) in [6.45, 7) is 6.57. The van der Waals surface area contributed by atoms with Crippen LogP contribution in [0.2, 0.25) is 0 Å². The topological polar surface area (TPSA) is 73.2 Å². The van der Waals surface area contributed by atoms with Gasteiger partial charge in [-0.1, -0.05) is 11.8 Å². The van der Waals surface area contributed by atoms with E-state index in [1.165, 1.54) is 22.2 Å². The maximum absolute atomic E-state index is 13.2. The van der Waals surface area contributed by atoms with Crippen molar-refractivity contribution >= 4 is 39.2 Å². The first-order valence-electron chi connectivity index (χ1n) is 8.93. The zero-order valence-electron chi connectivity index (χ0n) is 15.6. The third-order valence-electron chi connectivity index (χ3n) is 4.39. The lowest BCUT2D eigenvalue weighted by molar-refractivity contribution is -0.120. The standard InChI is InChI=1S/C18H25N3O3S2/c1-10(2)19-15(22)11(3)25-18-20-16-14(12-6-5-7-13(12)26-16)17(23)21(18)8-9-24-4/h10-11H,5-9H2,1-4H3,(H,19,22)/t11-/m0/s1. The molecular formula is C18H25N3O3S2. The second kappa shape index (κ2) is 8.10. The highest BCUT2D eigenvalue weighted by molar-refractivity contribution is 8.00. The first-order valence-corrected chi connectivity index (χ1v) is 10.6. The number of thioether (sulfide) groups is 1. The lowest BCUT2D eigenvalue weighted by Crippen LogP contribution is -2.36. The summed E-state index contributed by atoms with van der Waals surface area (Å²) in [7, 11) is 1.62. The number of aromatic nitrogens is 2. The molecule has 0 spiro atoms. The Morgan fingerprint density at radius 1 is 1.38 bits per heavy atom. The third kappa shape index (κ3) is 3.82. The van der Waals surface area contributed by atoms with Gasteiger partial charge in [0.2, 0.25) is 5.91 Å². The van der Waals surface area contributed by atoms with Crippen LogP contribution in [0.4, 0.5) is 0 Å². The van der Waals surface area contributed by atoms with Crippen molar-refractivity contribution in [3.8, 4) is 0 Å². The molecule has 0 saturated carbocycles. The molecule has 1 aliphatic carbocycles. The molecule has 0 unspecified atom stereocenters. The van der Waals surface area contributed by atoms with Crippen LogP contribution in [-0.4, -0.2) is 40.5 Å². The molecule has 6 nitrogen and oxygen atoms in total. The SMILES string of the molecule is COCCn1c(S[C@@H](C)C(=O)NC(C)C)nc2sc3c(c2c1=O)CCC3. The molecule has 0 saturated heterocycles. The molecule has 8 heteroatoms. The van der Waals surface area contributed by atoms with Crippen LogP contribution in [0.5, 0.6) is 0 Å². The molecule has 0 aliphatic heterocycles. The van der Waals surface area contributed by atoms with Gasteiger partial charge in [0.05, 0.1) is 23.8 Å². The van der Waals surface area contributed by atoms with Crippen LogP contribution < -0.4 is 10.9 Å². The van der Waals surface area contributed by atoms with E-state index in [-0.39, 0.29) is 22.8 Å². The summed E-state index contributed by atoms with van der Waals surface area (Å²) in [5, 5.41) is 3.94. The number of rotatable bonds is 7. The van der Waals surface area contributed by atoms with E-state index >= 15 is 0 Å². The summed E-state index contributed by atoms with van der Waals surface area (Å²) in [4.78, 5) is 32.3. The Morgan fingerprint density at radius 3 is 2.85 bits per heavy atom. The number of methoxy groups -OCH3 is 1. The Bertz CT molecular complexity index is 873. The molecule has 0 fully saturated rings. The average Bonchev–Trinajstić information content (AvgIpc) is 3.14. The number of fused-ring (bicyclic) bond motifs is 3. The lowest BCUT2D eigenvalue weighted by atomic mass is 10.2. The quantitative estimate of drug-likeness (QED) is 0.576. The fourth-order valence-corrected chi connectivity index (χ4v) is 5.39. The van der Waals surface area contributed by atoms with Crippen LogP contribution in [0.1, 0.15) is 37.6 Å². The molecule has 2 aromatic heterocycles. The molecule has 142 valence electrons. The minimum atomic E-state index is -0.331. The van der Waals surface area contributed by atoms with Crippen molar-refractivity contribution in [2.45, 2.75) is 63.0 Å². The number of thiophene rings is 1. The van der Waals surface area contributed by atoms with E-state index in [4.69, 9.17) is 9.72 Å². The van der Waals surface area contributed by atoms with Crippen LogP contribution >= 0.6 is 23.1 Å². The Balaban J connectivity index is 2.00. The Morgan fingerprint density at radius 2 is 2.15 bits per heavy atom. The van der Waals surface area contributed by atoms with Crippen molar-refractivity contribution in [3.05, 3.63) is 20.8 Å². The average molecular weight is 396 g/mol. The Kier molecular flexibility index (Phi) is 6.04. The van der Waals surface area contributed by atoms with Crippen molar-refractivity contribution in [2.75, 3.05) is 13.7 Å². The van der Waals surface area contributed by atoms with E-state index < -0.39 is 0 Å². The monoisotopic (exact) mass is 395 g/mol. The van der Waals surface area contributed by atoms with Crippen LogP contribution in [0, 0.1) is 0 Å². The predicted molar refractivity (Wildman–Crippen MR) is 106 cm³/mol. The van der Waals surface area contributed by atoms with Gasteiger partial charge in [-0.15, -0.1) is 11.3 Å². The molecule has 1 atom stereocenters. The number of nitrogens with zero attached hydrogens (tertiary/aromatic N) is 2. The highest BCUT2D eigenvalue weighted by Crippen LogP contribution is 2.36. The van der Waals surface area contributed by atoms with E-state index in [9.17, 15) is 9.59 Å². The van der Waals surface area contributed by atoms with E-state index in [0.29, 0.717) is 18.3 Å². The van der Waals surface area contributed by atoms with E-state index in [1.807, 2.05) is 20.8 Å². The first kappa shape index (κ1) is 19.4. The van der Waals surface area contributed by atoms with Gasteiger partial charge in [0.15, 0.2) is 5.16 Å². The van der Waals surface area contributed by atoms with Gasteiger partial charge in [-0.3, -0.25) is 14.2 Å². The van der Waals surface area contributed by atoms with Crippen LogP contribution in [-0.2, 0) is 28.9 Å². The Labute approximate surface area is 161 Å². The number of aryl methyl sites for hydroxylation is 2. The summed E-state index contributed by atoms with van der Waals surface area (Å²) in [5.41, 5.74) is 1.17. The van der Waals surface area contributed by atoms with Crippen LogP contribution in [0.3, 0.4) is 0 Å².